The number of para-hydroxylation sites is 1. The molecule has 0 aliphatic carbocycles. The molecule has 6 N–H and O–H groups in total. The van der Waals surface area contributed by atoms with Crippen molar-refractivity contribution in [1.29, 1.82) is 0 Å². The summed E-state index contributed by atoms with van der Waals surface area (Å²) >= 11 is 0. The Kier molecular flexibility index (Phi) is 36.8. The molecule has 0 amide bonds. The standard InChI is InChI=1S/2C19H18O6.2C19H18O5.2C18H15FO5/c1-23-13-4-2-3-12(9-13)15(20)5-6-16(21)14-10-18-19(11-17(14)22)25-8-7-24-18;1-23-17-5-3-2-4-12(17)14(20)6-7-15(21)13-10-18-19(11-16(13)22)25-9-8-24-18;2*1-12-2-4-13(5-3-12)15(20)6-7-16(21)14-10-18-19(11-17(14)22)24-9-8-23-18;19-12-3-1-2-11(8-12)14(20)4-5-15(21)13-9-17-18(10-16(13)22)24-7-6-23-17;19-13-4-2-1-3-11(13)14(20)5-6-15(21)12-9-17-18(10-16(12)22)24-8-7-23-17/h2-4,9-11,22H,5-8H2,1H3;2-5,10-11,22H,6-9H2,1H3;2*2-5,10-11,22H,6-9H2,1H3;1-3,8-10,22H,4-7H2;1-4,9-10,22H,5-8H2. The van der Waals surface area contributed by atoms with Crippen LogP contribution in [-0.2, 0) is 0 Å². The minimum atomic E-state index is -0.614. The Morgan fingerprint density at radius 1 is 0.226 bits per heavy atom. The molecule has 6 heterocycles. The van der Waals surface area contributed by atoms with Crippen LogP contribution in [0.5, 0.6) is 115 Å². The van der Waals surface area contributed by atoms with Gasteiger partial charge in [0.1, 0.15) is 137 Å². The molecule has 0 bridgehead atoms. The summed E-state index contributed by atoms with van der Waals surface area (Å²) < 4.78 is 101. The molecule has 0 spiro atoms. The van der Waals surface area contributed by atoms with Crippen molar-refractivity contribution in [1.82, 2.24) is 0 Å². The number of phenols is 6. The quantitative estimate of drug-likeness (QED) is 0.0213. The van der Waals surface area contributed by atoms with Crippen molar-refractivity contribution in [2.45, 2.75) is 90.9 Å². The minimum absolute atomic E-state index is 0.0107. The van der Waals surface area contributed by atoms with Crippen LogP contribution in [0.3, 0.4) is 0 Å². The van der Waals surface area contributed by atoms with Crippen LogP contribution < -0.4 is 66.3 Å². The van der Waals surface area contributed by atoms with E-state index in [2.05, 4.69) is 0 Å². The van der Waals surface area contributed by atoms with Gasteiger partial charge < -0.3 is 97.0 Å². The minimum Gasteiger partial charge on any atom is -0.507 e. The number of carbonyl (C=O) groups excluding carboxylic acids is 12. The van der Waals surface area contributed by atoms with Gasteiger partial charge in [0.25, 0.3) is 0 Å². The van der Waals surface area contributed by atoms with Gasteiger partial charge in [-0.05, 0) is 98.8 Å². The van der Waals surface area contributed by atoms with Gasteiger partial charge in [0.05, 0.1) is 58.7 Å². The second kappa shape index (κ2) is 50.8. The first-order valence-corrected chi connectivity index (χ1v) is 46.4. The van der Waals surface area contributed by atoms with Crippen LogP contribution in [0.15, 0.2) is 218 Å². The van der Waals surface area contributed by atoms with Crippen molar-refractivity contribution in [3.63, 3.8) is 0 Å². The van der Waals surface area contributed by atoms with Gasteiger partial charge in [-0.2, -0.15) is 0 Å². The first kappa shape index (κ1) is 106. The number of aromatic hydroxyl groups is 6. The average molecular weight is 2000 g/mol. The summed E-state index contributed by atoms with van der Waals surface area (Å²) in [5.74, 6) is 0.284. The van der Waals surface area contributed by atoms with E-state index in [4.69, 9.17) is 66.3 Å². The SMILES string of the molecule is COc1cccc(C(=O)CCC(=O)c2cc3c(cc2O)OCCO3)c1.COc1ccccc1C(=O)CCC(=O)c1cc2c(cc1O)OCCO2.Cc1ccc(C(=O)CCC(=O)c2cc3c(cc2O)OCCO3)cc1.Cc1ccc(C(=O)CCC(=O)c2cc3c(cc2O)OCCO3)cc1.O=C(CCC(=O)c1cc2c(cc1O)OCCO2)c1cccc(F)c1.O=C(CCC(=O)c1ccccc1F)c1cc2c(cc1O)OCCO2. The van der Waals surface area contributed by atoms with Gasteiger partial charge in [0.15, 0.2) is 138 Å². The van der Waals surface area contributed by atoms with E-state index in [1.807, 2.05) is 38.1 Å². The van der Waals surface area contributed by atoms with Gasteiger partial charge in [0.2, 0.25) is 0 Å². The molecule has 6 aliphatic rings. The maximum absolute atomic E-state index is 13.6. The topological polar surface area (TPSA) is 455 Å². The third-order valence-corrected chi connectivity index (χ3v) is 23.1. The number of phenolic OH excluding ortho intramolecular Hbond substituents is 6. The summed E-state index contributed by atoms with van der Waals surface area (Å²) in [4.78, 5) is 147. The summed E-state index contributed by atoms with van der Waals surface area (Å²) in [6, 6.07) is 55.9. The Hall–Kier alpha value is -17.5. The number of ketones is 12. The second-order valence-corrected chi connectivity index (χ2v) is 33.3. The zero-order valence-corrected chi connectivity index (χ0v) is 79.8. The lowest BCUT2D eigenvalue weighted by atomic mass is 10.00. The molecule has 0 atom stereocenters. The first-order chi connectivity index (χ1) is 70.4. The van der Waals surface area contributed by atoms with Crippen molar-refractivity contribution in [2.24, 2.45) is 0 Å². The van der Waals surface area contributed by atoms with Crippen molar-refractivity contribution in [3.05, 3.63) is 308 Å². The molecule has 0 unspecified atom stereocenters. The van der Waals surface area contributed by atoms with E-state index in [1.54, 1.807) is 78.9 Å². The smallest absolute Gasteiger partial charge is 0.167 e. The molecule has 0 aromatic heterocycles. The number of hydrogen-bond acceptors (Lipinski definition) is 32. The summed E-state index contributed by atoms with van der Waals surface area (Å²) in [6.07, 6.45) is -0.182. The van der Waals surface area contributed by atoms with Gasteiger partial charge >= 0.3 is 0 Å². The van der Waals surface area contributed by atoms with E-state index in [0.717, 1.165) is 17.2 Å². The van der Waals surface area contributed by atoms with Crippen LogP contribution in [0, 0.1) is 25.5 Å². The molecular formula is C112H102F2O32. The molecule has 32 nitrogen and oxygen atoms in total. The Morgan fingerprint density at radius 2 is 0.452 bits per heavy atom. The van der Waals surface area contributed by atoms with Gasteiger partial charge in [-0.3, -0.25) is 57.5 Å². The Balaban J connectivity index is 0.000000147. The van der Waals surface area contributed by atoms with E-state index in [-0.39, 0.29) is 208 Å². The van der Waals surface area contributed by atoms with E-state index in [0.29, 0.717) is 182 Å². The molecule has 12 aromatic carbocycles. The maximum Gasteiger partial charge on any atom is 0.167 e. The van der Waals surface area contributed by atoms with E-state index in [9.17, 15) is 97.0 Å². The fourth-order valence-electron chi connectivity index (χ4n) is 15.3. The van der Waals surface area contributed by atoms with Crippen LogP contribution in [-0.4, -0.2) is 194 Å². The highest BCUT2D eigenvalue weighted by atomic mass is 19.1. The normalized spacial score (nSPS) is 12.6. The number of benzene rings is 12. The summed E-state index contributed by atoms with van der Waals surface area (Å²) in [7, 11) is 3.02. The van der Waals surface area contributed by atoms with Crippen LogP contribution in [0.2, 0.25) is 0 Å². The zero-order chi connectivity index (χ0) is 104. The Labute approximate surface area is 835 Å². The first-order valence-electron chi connectivity index (χ1n) is 46.4. The number of aryl methyl sites for hydroxylation is 2. The molecular weight excluding hydrogens is 1900 g/mol. The van der Waals surface area contributed by atoms with Crippen molar-refractivity contribution >= 4 is 69.4 Å². The molecule has 0 saturated heterocycles. The summed E-state index contributed by atoms with van der Waals surface area (Å²) in [5, 5.41) is 60.0. The number of halogens is 2. The number of ether oxygens (including phenoxy) is 14. The molecule has 756 valence electrons. The van der Waals surface area contributed by atoms with E-state index >= 15 is 0 Å². The zero-order valence-electron chi connectivity index (χ0n) is 79.8. The molecule has 0 fully saturated rings. The van der Waals surface area contributed by atoms with Crippen molar-refractivity contribution in [3.8, 4) is 115 Å². The molecule has 12 aromatic rings. The lowest BCUT2D eigenvalue weighted by molar-refractivity contribution is 0.0913. The molecule has 0 radical (unpaired) electrons. The summed E-state index contributed by atoms with van der Waals surface area (Å²) in [5.41, 5.74) is 5.08. The van der Waals surface area contributed by atoms with Crippen LogP contribution >= 0.6 is 0 Å². The third kappa shape index (κ3) is 28.5. The fourth-order valence-corrected chi connectivity index (χ4v) is 15.3. The highest BCUT2D eigenvalue weighted by molar-refractivity contribution is 6.09. The number of carbonyl (C=O) groups is 12. The lowest BCUT2D eigenvalue weighted by Crippen LogP contribution is -2.16. The lowest BCUT2D eigenvalue weighted by Gasteiger charge is -2.19. The number of rotatable bonds is 32. The number of Topliss-reactive ketones (excluding diaryl/α,β-unsaturated/α-hetero) is 12. The predicted octanol–water partition coefficient (Wildman–Crippen LogP) is 19.0. The predicted molar refractivity (Wildman–Crippen MR) is 523 cm³/mol. The number of hydrogen-bond donors (Lipinski definition) is 6. The number of fused-ring (bicyclic) bond motifs is 6. The largest absolute Gasteiger partial charge is 0.507 e. The van der Waals surface area contributed by atoms with Crippen LogP contribution in [0.4, 0.5) is 8.78 Å². The van der Waals surface area contributed by atoms with Gasteiger partial charge in [0, 0.05) is 136 Å². The van der Waals surface area contributed by atoms with Gasteiger partial charge in [-0.1, -0.05) is 108 Å². The maximum atomic E-state index is 13.6. The highest BCUT2D eigenvalue weighted by Crippen LogP contribution is 2.44. The third-order valence-electron chi connectivity index (χ3n) is 23.1. The molecule has 146 heavy (non-hydrogen) atoms. The average Bonchev–Trinajstić information content (AvgIpc) is 0.821. The van der Waals surface area contributed by atoms with Crippen LogP contribution in [0.25, 0.3) is 0 Å². The van der Waals surface area contributed by atoms with Crippen molar-refractivity contribution < 1.29 is 163 Å². The van der Waals surface area contributed by atoms with E-state index < -0.39 is 29.0 Å². The molecule has 34 heteroatoms. The van der Waals surface area contributed by atoms with Crippen molar-refractivity contribution in [2.75, 3.05) is 93.5 Å². The van der Waals surface area contributed by atoms with Gasteiger partial charge in [-0.25, -0.2) is 8.78 Å². The monoisotopic (exact) mass is 2000 g/mol. The summed E-state index contributed by atoms with van der Waals surface area (Å²) in [6.45, 7) is 8.55. The van der Waals surface area contributed by atoms with E-state index in [1.165, 1.54) is 123 Å². The second-order valence-electron chi connectivity index (χ2n) is 33.3. The molecule has 18 rings (SSSR count). The Bertz CT molecular complexity index is 6750. The fraction of sp³-hybridized carbons (Fsp3) is 0.250. The Morgan fingerprint density at radius 3 is 0.719 bits per heavy atom. The molecule has 0 saturated carbocycles. The number of methoxy groups -OCH3 is 2. The van der Waals surface area contributed by atoms with Gasteiger partial charge in [-0.15, -0.1) is 0 Å². The highest BCUT2D eigenvalue weighted by Gasteiger charge is 2.30. The van der Waals surface area contributed by atoms with Crippen LogP contribution in [0.1, 0.15) is 212 Å². The molecule has 6 aliphatic heterocycles.